The Morgan fingerprint density at radius 2 is 1.75 bits per heavy atom. The Bertz CT molecular complexity index is 734. The van der Waals surface area contributed by atoms with Crippen LogP contribution in [0.15, 0.2) is 42.1 Å². The first-order valence-electron chi connectivity index (χ1n) is 6.46. The summed E-state index contributed by atoms with van der Waals surface area (Å²) in [5.74, 6) is -0.0259. The first-order valence-corrected chi connectivity index (χ1v) is 6.84. The maximum absolute atomic E-state index is 11.8. The molecule has 0 aliphatic carbocycles. The van der Waals surface area contributed by atoms with E-state index < -0.39 is 5.41 Å². The van der Waals surface area contributed by atoms with Gasteiger partial charge in [-0.1, -0.05) is 41.9 Å². The smallest absolute Gasteiger partial charge is 0.249 e. The number of rotatable bonds is 1. The van der Waals surface area contributed by atoms with E-state index in [1.165, 1.54) is 0 Å². The molecular formula is C16H15ClN2O. The number of nitrogens with one attached hydrogen (secondary N) is 2. The van der Waals surface area contributed by atoms with Crippen LogP contribution in [0.5, 0.6) is 0 Å². The van der Waals surface area contributed by atoms with Gasteiger partial charge in [0.2, 0.25) is 5.91 Å². The molecule has 0 atom stereocenters. The number of fused-ring (bicyclic) bond motifs is 1. The Labute approximate surface area is 122 Å². The lowest BCUT2D eigenvalue weighted by Crippen LogP contribution is -2.28. The summed E-state index contributed by atoms with van der Waals surface area (Å²) in [6.45, 7) is 3.79. The summed E-state index contributed by atoms with van der Waals surface area (Å²) in [4.78, 5) is 11.8. The minimum Gasteiger partial charge on any atom is -0.302 e. The third-order valence-electron chi connectivity index (χ3n) is 3.76. The molecule has 0 radical (unpaired) electrons. The van der Waals surface area contributed by atoms with E-state index in [-0.39, 0.29) is 5.91 Å². The van der Waals surface area contributed by atoms with Crippen molar-refractivity contribution in [2.75, 3.05) is 0 Å². The van der Waals surface area contributed by atoms with E-state index in [4.69, 9.17) is 11.6 Å². The normalized spacial score (nSPS) is 19.1. The first kappa shape index (κ1) is 13.0. The first-order chi connectivity index (χ1) is 9.50. The lowest BCUT2D eigenvalue weighted by molar-refractivity contribution is -0.125. The minimum absolute atomic E-state index is 0.0259. The van der Waals surface area contributed by atoms with Gasteiger partial charge >= 0.3 is 0 Å². The van der Waals surface area contributed by atoms with Crippen molar-refractivity contribution < 1.29 is 4.79 Å². The van der Waals surface area contributed by atoms with Crippen molar-refractivity contribution in [2.24, 2.45) is 5.41 Å². The maximum atomic E-state index is 11.8. The Balaban J connectivity index is 2.17. The van der Waals surface area contributed by atoms with Gasteiger partial charge in [0, 0.05) is 16.1 Å². The second-order valence-electron chi connectivity index (χ2n) is 5.44. The largest absolute Gasteiger partial charge is 0.302 e. The van der Waals surface area contributed by atoms with Crippen molar-refractivity contribution in [3.05, 3.63) is 52.7 Å². The Morgan fingerprint density at radius 1 is 1.05 bits per heavy atom. The molecule has 2 aromatic carbocycles. The van der Waals surface area contributed by atoms with E-state index in [1.807, 2.05) is 56.3 Å². The highest BCUT2D eigenvalue weighted by molar-refractivity contribution is 6.35. The predicted octanol–water partition coefficient (Wildman–Crippen LogP) is 3.49. The fourth-order valence-corrected chi connectivity index (χ4v) is 2.57. The summed E-state index contributed by atoms with van der Waals surface area (Å²) in [7, 11) is 0. The minimum atomic E-state index is -0.555. The summed E-state index contributed by atoms with van der Waals surface area (Å²) in [5.41, 5.74) is 6.95. The van der Waals surface area contributed by atoms with E-state index in [1.54, 1.807) is 0 Å². The van der Waals surface area contributed by atoms with E-state index in [2.05, 4.69) is 10.9 Å². The van der Waals surface area contributed by atoms with Gasteiger partial charge in [-0.15, -0.1) is 0 Å². The molecule has 1 saturated heterocycles. The topological polar surface area (TPSA) is 41.1 Å². The van der Waals surface area contributed by atoms with Crippen LogP contribution in [0.1, 0.15) is 19.4 Å². The zero-order chi connectivity index (χ0) is 14.3. The van der Waals surface area contributed by atoms with Crippen molar-refractivity contribution >= 4 is 34.4 Å². The van der Waals surface area contributed by atoms with Gasteiger partial charge < -0.3 is 5.43 Å². The molecule has 20 heavy (non-hydrogen) atoms. The van der Waals surface area contributed by atoms with Gasteiger partial charge in [-0.2, -0.15) is 0 Å². The zero-order valence-electron chi connectivity index (χ0n) is 11.3. The van der Waals surface area contributed by atoms with E-state index in [0.29, 0.717) is 0 Å². The molecule has 2 N–H and O–H groups in total. The highest BCUT2D eigenvalue weighted by Crippen LogP contribution is 2.32. The molecule has 3 rings (SSSR count). The molecule has 0 saturated carbocycles. The molecule has 0 spiro atoms. The molecule has 1 fully saturated rings. The summed E-state index contributed by atoms with van der Waals surface area (Å²) in [6.07, 6.45) is 2.00. The average Bonchev–Trinajstić information content (AvgIpc) is 2.69. The van der Waals surface area contributed by atoms with Crippen molar-refractivity contribution in [3.63, 3.8) is 0 Å². The number of halogens is 1. The van der Waals surface area contributed by atoms with E-state index in [0.717, 1.165) is 27.1 Å². The van der Waals surface area contributed by atoms with Gasteiger partial charge in [0.05, 0.1) is 5.41 Å². The Hall–Kier alpha value is -2.00. The number of hydrazine groups is 1. The second kappa shape index (κ2) is 4.53. The monoisotopic (exact) mass is 286 g/mol. The molecule has 0 unspecified atom stereocenters. The molecule has 1 aliphatic heterocycles. The fourth-order valence-electron chi connectivity index (χ4n) is 2.34. The summed E-state index contributed by atoms with van der Waals surface area (Å²) >= 11 is 6.22. The van der Waals surface area contributed by atoms with Crippen LogP contribution >= 0.6 is 11.6 Å². The van der Waals surface area contributed by atoms with Crippen LogP contribution in [0.3, 0.4) is 0 Å². The molecule has 1 heterocycles. The zero-order valence-corrected chi connectivity index (χ0v) is 12.1. The van der Waals surface area contributed by atoms with Crippen LogP contribution in [-0.4, -0.2) is 5.91 Å². The fraction of sp³-hybridized carbons (Fsp3) is 0.188. The molecule has 0 aromatic heterocycles. The van der Waals surface area contributed by atoms with Crippen LogP contribution in [0.25, 0.3) is 16.8 Å². The average molecular weight is 287 g/mol. The van der Waals surface area contributed by atoms with Crippen LogP contribution in [0.2, 0.25) is 5.02 Å². The van der Waals surface area contributed by atoms with Crippen LogP contribution in [0.4, 0.5) is 0 Å². The lowest BCUT2D eigenvalue weighted by Gasteiger charge is -2.15. The molecule has 2 aromatic rings. The van der Waals surface area contributed by atoms with Gasteiger partial charge in [-0.3, -0.25) is 10.2 Å². The molecule has 4 heteroatoms. The number of amides is 1. The number of carbonyl (C=O) groups excluding carboxylic acids is 1. The van der Waals surface area contributed by atoms with Gasteiger partial charge in [-0.05, 0) is 36.9 Å². The Kier molecular flexibility index (Phi) is 2.94. The molecule has 102 valence electrons. The van der Waals surface area contributed by atoms with Crippen molar-refractivity contribution in [1.29, 1.82) is 0 Å². The standard InChI is InChI=1S/C16H15ClN2O/c1-16(2)14(18-19-15(16)20)9-10-7-8-13(17)12-6-4-3-5-11(10)12/h3-9,18H,1-2H3,(H,19,20)/b14-9-. The van der Waals surface area contributed by atoms with Gasteiger partial charge in [0.1, 0.15) is 0 Å². The number of hydrogen-bond acceptors (Lipinski definition) is 2. The third-order valence-corrected chi connectivity index (χ3v) is 4.09. The van der Waals surface area contributed by atoms with E-state index in [9.17, 15) is 4.79 Å². The van der Waals surface area contributed by atoms with Gasteiger partial charge in [0.15, 0.2) is 0 Å². The quantitative estimate of drug-likeness (QED) is 0.842. The second-order valence-corrected chi connectivity index (χ2v) is 5.85. The number of benzene rings is 2. The van der Waals surface area contributed by atoms with Crippen molar-refractivity contribution in [2.45, 2.75) is 13.8 Å². The van der Waals surface area contributed by atoms with E-state index >= 15 is 0 Å². The molecule has 3 nitrogen and oxygen atoms in total. The number of carbonyl (C=O) groups is 1. The SMILES string of the molecule is CC1(C)C(=O)NN/C1=C\c1ccc(Cl)c2ccccc12. The molecule has 1 aliphatic rings. The Morgan fingerprint density at radius 3 is 2.40 bits per heavy atom. The van der Waals surface area contributed by atoms with Crippen LogP contribution in [0, 0.1) is 5.41 Å². The number of hydrogen-bond donors (Lipinski definition) is 2. The summed E-state index contributed by atoms with van der Waals surface area (Å²) in [5, 5.41) is 2.82. The third kappa shape index (κ3) is 1.95. The molecule has 0 bridgehead atoms. The van der Waals surface area contributed by atoms with Gasteiger partial charge in [-0.25, -0.2) is 0 Å². The van der Waals surface area contributed by atoms with Crippen molar-refractivity contribution in [1.82, 2.24) is 10.9 Å². The summed E-state index contributed by atoms with van der Waals surface area (Å²) in [6, 6.07) is 11.8. The maximum Gasteiger partial charge on any atom is 0.249 e. The highest BCUT2D eigenvalue weighted by Gasteiger charge is 2.37. The van der Waals surface area contributed by atoms with Crippen LogP contribution < -0.4 is 10.9 Å². The molecule has 1 amide bonds. The lowest BCUT2D eigenvalue weighted by atomic mass is 9.88. The van der Waals surface area contributed by atoms with Gasteiger partial charge in [0.25, 0.3) is 0 Å². The summed E-state index contributed by atoms with van der Waals surface area (Å²) < 4.78 is 0. The molecular weight excluding hydrogens is 272 g/mol. The predicted molar refractivity (Wildman–Crippen MR) is 82.0 cm³/mol. The van der Waals surface area contributed by atoms with Crippen LogP contribution in [-0.2, 0) is 4.79 Å². The highest BCUT2D eigenvalue weighted by atomic mass is 35.5. The van der Waals surface area contributed by atoms with Crippen molar-refractivity contribution in [3.8, 4) is 0 Å².